The molecular weight excluding hydrogens is 1030 g/mol. The van der Waals surface area contributed by atoms with E-state index in [2.05, 4.69) is 38.2 Å². The van der Waals surface area contributed by atoms with E-state index in [1.165, 1.54) is 202 Å². The Bertz CT molecular complexity index is 1570. The minimum absolute atomic E-state index is 0.224. The van der Waals surface area contributed by atoms with Crippen LogP contribution in [0.5, 0.6) is 11.5 Å². The molecule has 0 aliphatic rings. The number of carbonyl (C=O) groups is 2. The molecule has 2 aromatic carbocycles. The number of aliphatic hydroxyl groups excluding tert-OH is 4. The highest BCUT2D eigenvalue weighted by molar-refractivity contribution is 6.31. The van der Waals surface area contributed by atoms with Crippen LogP contribution < -0.4 is 29.5 Å². The van der Waals surface area contributed by atoms with Crippen LogP contribution in [0, 0.1) is 13.8 Å². The summed E-state index contributed by atoms with van der Waals surface area (Å²) in [6.07, 6.45) is 50.0. The molecule has 0 heterocycles. The van der Waals surface area contributed by atoms with Gasteiger partial charge in [-0.3, -0.25) is 0 Å². The van der Waals surface area contributed by atoms with Crippen LogP contribution in [0.3, 0.4) is 0 Å². The van der Waals surface area contributed by atoms with Crippen molar-refractivity contribution in [2.75, 3.05) is 78.9 Å². The van der Waals surface area contributed by atoms with Crippen LogP contribution in [0.15, 0.2) is 60.7 Å². The first-order valence-electron chi connectivity index (χ1n) is 30.5. The zero-order chi connectivity index (χ0) is 58.0. The van der Waals surface area contributed by atoms with Crippen LogP contribution in [0.1, 0.15) is 218 Å². The molecule has 0 aromatic heterocycles. The molecule has 6 N–H and O–H groups in total. The number of hydrogen-bond acceptors (Lipinski definition) is 10. The number of allylic oxidation sites excluding steroid dienone is 4. The molecule has 0 radical (unpaired) electrons. The lowest BCUT2D eigenvalue weighted by Gasteiger charge is -2.17. The molecule has 0 aliphatic heterocycles. The Kier molecular flexibility index (Phi) is 59.0. The molecule has 0 aliphatic carbocycles. The minimum Gasteiger partial charge on any atom is -0.546 e. The number of carboxylic acids is 2. The quantitative estimate of drug-likeness (QED) is 0.0275. The lowest BCUT2D eigenvalue weighted by atomic mass is 10.1. The number of nitrogens with one attached hydrogen (secondary N) is 2. The molecule has 2 aromatic rings. The van der Waals surface area contributed by atoms with Crippen molar-refractivity contribution < 1.29 is 59.5 Å². The molecule has 0 unspecified atom stereocenters. The van der Waals surface area contributed by atoms with Crippen molar-refractivity contribution >= 4 is 35.1 Å². The average Bonchev–Trinajstić information content (AvgIpc) is 3.41. The van der Waals surface area contributed by atoms with Crippen LogP contribution in [0.25, 0.3) is 0 Å². The number of quaternary nitrogens is 2. The Labute approximate surface area is 485 Å². The number of carboxylic acid groups (broad SMARTS) is 2. The number of benzene rings is 2. The number of carbonyl (C=O) groups excluding carboxylic acids is 2. The normalized spacial score (nSPS) is 11.1. The minimum atomic E-state index is -1.24. The van der Waals surface area contributed by atoms with Gasteiger partial charge in [0.2, 0.25) is 0 Å². The molecule has 0 bridgehead atoms. The van der Waals surface area contributed by atoms with E-state index in [0.29, 0.717) is 21.5 Å². The summed E-state index contributed by atoms with van der Waals surface area (Å²) in [7, 11) is 0. The number of aliphatic carboxylic acids is 2. The van der Waals surface area contributed by atoms with Gasteiger partial charge in [-0.25, -0.2) is 0 Å². The fourth-order valence-electron chi connectivity index (χ4n) is 8.80. The number of ether oxygens (including phenoxy) is 2. The topological polar surface area (TPSA) is 189 Å². The van der Waals surface area contributed by atoms with Crippen LogP contribution in [-0.2, 0) is 9.59 Å². The first kappa shape index (κ1) is 76.9. The molecule has 0 saturated heterocycles. The third-order valence-electron chi connectivity index (χ3n) is 13.4. The van der Waals surface area contributed by atoms with E-state index in [-0.39, 0.29) is 26.4 Å². The summed E-state index contributed by atoms with van der Waals surface area (Å²) in [6.45, 7) is 13.4. The molecule has 12 nitrogen and oxygen atoms in total. The Morgan fingerprint density at radius 2 is 0.679 bits per heavy atom. The Hall–Kier alpha value is -3.20. The maximum absolute atomic E-state index is 10.1. The van der Waals surface area contributed by atoms with Gasteiger partial charge in [0.05, 0.1) is 51.5 Å². The smallest absolute Gasteiger partial charge is 0.128 e. The van der Waals surface area contributed by atoms with Crippen LogP contribution in [0.4, 0.5) is 0 Å². The molecule has 0 amide bonds. The van der Waals surface area contributed by atoms with Crippen molar-refractivity contribution in [1.29, 1.82) is 0 Å². The molecular formula is C64H112Cl2N2O10. The molecule has 14 heteroatoms. The number of hydrogen-bond donors (Lipinski definition) is 6. The van der Waals surface area contributed by atoms with E-state index in [9.17, 15) is 19.8 Å². The Morgan fingerprint density at radius 1 is 0.423 bits per heavy atom. The summed E-state index contributed by atoms with van der Waals surface area (Å²) in [5.74, 6) is -1.47. The van der Waals surface area contributed by atoms with Gasteiger partial charge < -0.3 is 59.5 Å². The zero-order valence-electron chi connectivity index (χ0n) is 49.5. The second-order valence-electron chi connectivity index (χ2n) is 20.6. The van der Waals surface area contributed by atoms with Gasteiger partial charge >= 0.3 is 0 Å². The molecule has 0 spiro atoms. The van der Waals surface area contributed by atoms with Gasteiger partial charge in [-0.05, 0) is 138 Å². The largest absolute Gasteiger partial charge is 0.546 e. The van der Waals surface area contributed by atoms with E-state index < -0.39 is 25.2 Å². The SMILES string of the molecule is CCCCCCCCCC=CCCCCCCCC[NH+](CCO)CCO.CCCCCCCCCC=CCCCCCCCC[NH+](CCO)CCO.Cc1cc(Cl)ccc1OCC(=O)[O-].Cc1cc(Cl)ccc1OCC(=O)[O-]. The zero-order valence-corrected chi connectivity index (χ0v) is 51.0. The van der Waals surface area contributed by atoms with Crippen molar-refractivity contribution in [3.05, 3.63) is 81.9 Å². The molecule has 0 fully saturated rings. The summed E-state index contributed by atoms with van der Waals surface area (Å²) in [6, 6.07) is 9.93. The summed E-state index contributed by atoms with van der Waals surface area (Å²) in [5.41, 5.74) is 1.60. The van der Waals surface area contributed by atoms with Crippen LogP contribution in [-0.4, -0.2) is 111 Å². The first-order chi connectivity index (χ1) is 37.9. The second-order valence-corrected chi connectivity index (χ2v) is 21.5. The number of unbranched alkanes of at least 4 members (excludes halogenated alkanes) is 26. The van der Waals surface area contributed by atoms with Crippen molar-refractivity contribution in [2.24, 2.45) is 0 Å². The number of halogens is 2. The number of aryl methyl sites for hydroxylation is 2. The molecule has 0 atom stereocenters. The fraction of sp³-hybridized carbons (Fsp3) is 0.719. The Balaban J connectivity index is 0. The van der Waals surface area contributed by atoms with E-state index in [4.69, 9.17) is 53.1 Å². The summed E-state index contributed by atoms with van der Waals surface area (Å²) in [4.78, 5) is 22.8. The first-order valence-corrected chi connectivity index (χ1v) is 31.2. The van der Waals surface area contributed by atoms with Crippen LogP contribution in [0.2, 0.25) is 10.0 Å². The average molecular weight is 1140 g/mol. The van der Waals surface area contributed by atoms with E-state index >= 15 is 0 Å². The fourth-order valence-corrected chi connectivity index (χ4v) is 9.26. The number of rotatable bonds is 48. The standard InChI is InChI=1S/2C23H47NO2.2C9H9ClO3/c2*1-2-3-4-5-6-7-8-9-10-11-12-13-14-15-16-17-18-19-24(20-22-25)21-23-26;2*1-6-4-7(10)2-3-8(6)13-5-9(11)12/h2*10-11,25-26H,2-9,12-23H2,1H3;2*2-4H,5H2,1H3,(H,11,12). The van der Waals surface area contributed by atoms with Gasteiger partial charge in [-0.15, -0.1) is 0 Å². The van der Waals surface area contributed by atoms with Gasteiger partial charge in [0.25, 0.3) is 0 Å². The van der Waals surface area contributed by atoms with Crippen molar-refractivity contribution in [3.63, 3.8) is 0 Å². The molecule has 0 saturated carbocycles. The lowest BCUT2D eigenvalue weighted by Crippen LogP contribution is -3.13. The van der Waals surface area contributed by atoms with E-state index in [1.807, 2.05) is 0 Å². The summed E-state index contributed by atoms with van der Waals surface area (Å²) >= 11 is 11.4. The highest BCUT2D eigenvalue weighted by atomic mass is 35.5. The van der Waals surface area contributed by atoms with Gasteiger partial charge in [0.1, 0.15) is 50.9 Å². The van der Waals surface area contributed by atoms with Crippen molar-refractivity contribution in [3.8, 4) is 11.5 Å². The van der Waals surface area contributed by atoms with Crippen LogP contribution >= 0.6 is 23.2 Å². The van der Waals surface area contributed by atoms with Gasteiger partial charge in [-0.2, -0.15) is 0 Å². The maximum atomic E-state index is 10.1. The van der Waals surface area contributed by atoms with Gasteiger partial charge in [0, 0.05) is 10.0 Å². The predicted molar refractivity (Wildman–Crippen MR) is 321 cm³/mol. The second kappa shape index (κ2) is 59.9. The summed E-state index contributed by atoms with van der Waals surface area (Å²) in [5, 5.41) is 57.4. The molecule has 78 heavy (non-hydrogen) atoms. The maximum Gasteiger partial charge on any atom is 0.128 e. The number of aliphatic hydroxyl groups is 4. The highest BCUT2D eigenvalue weighted by Crippen LogP contribution is 2.23. The lowest BCUT2D eigenvalue weighted by molar-refractivity contribution is -0.901. The third kappa shape index (κ3) is 54.7. The van der Waals surface area contributed by atoms with Crippen molar-refractivity contribution in [2.45, 2.75) is 220 Å². The predicted octanol–water partition coefficient (Wildman–Crippen LogP) is 10.1. The Morgan fingerprint density at radius 3 is 0.923 bits per heavy atom. The monoisotopic (exact) mass is 1140 g/mol. The van der Waals surface area contributed by atoms with E-state index in [0.717, 1.165) is 50.4 Å². The molecule has 2 rings (SSSR count). The molecule has 452 valence electrons. The summed E-state index contributed by atoms with van der Waals surface area (Å²) < 4.78 is 9.87. The van der Waals surface area contributed by atoms with Crippen molar-refractivity contribution in [1.82, 2.24) is 0 Å². The third-order valence-corrected chi connectivity index (χ3v) is 13.9. The van der Waals surface area contributed by atoms with Gasteiger partial charge in [0.15, 0.2) is 0 Å². The van der Waals surface area contributed by atoms with Gasteiger partial charge in [-0.1, -0.05) is 177 Å². The van der Waals surface area contributed by atoms with E-state index in [1.54, 1.807) is 50.2 Å². The highest BCUT2D eigenvalue weighted by Gasteiger charge is 2.08.